The number of rotatable bonds is 5. The summed E-state index contributed by atoms with van der Waals surface area (Å²) in [6, 6.07) is 3.42. The van der Waals surface area contributed by atoms with Gasteiger partial charge >= 0.3 is 6.18 Å². The fourth-order valence-electron chi connectivity index (χ4n) is 1.70. The number of halogens is 4. The third-order valence-electron chi connectivity index (χ3n) is 2.58. The minimum atomic E-state index is -4.39. The zero-order valence-electron chi connectivity index (χ0n) is 9.93. The Balaban J connectivity index is 2.93. The van der Waals surface area contributed by atoms with Crippen molar-refractivity contribution in [1.82, 2.24) is 0 Å². The summed E-state index contributed by atoms with van der Waals surface area (Å²) in [5.74, 6) is 0. The fraction of sp³-hybridized carbons (Fsp3) is 0.500. The molecule has 0 spiro atoms. The summed E-state index contributed by atoms with van der Waals surface area (Å²) >= 11 is 3.04. The van der Waals surface area contributed by atoms with E-state index in [0.717, 1.165) is 6.07 Å². The molecule has 2 N–H and O–H groups in total. The van der Waals surface area contributed by atoms with E-state index in [2.05, 4.69) is 15.9 Å². The summed E-state index contributed by atoms with van der Waals surface area (Å²) in [5.41, 5.74) is 5.26. The number of nitrogens with two attached hydrogens (primary N) is 1. The highest BCUT2D eigenvalue weighted by molar-refractivity contribution is 9.10. The summed E-state index contributed by atoms with van der Waals surface area (Å²) in [4.78, 5) is 0. The highest BCUT2D eigenvalue weighted by Crippen LogP contribution is 2.36. The van der Waals surface area contributed by atoms with Gasteiger partial charge in [-0.15, -0.1) is 0 Å². The molecule has 0 aliphatic rings. The van der Waals surface area contributed by atoms with Gasteiger partial charge in [-0.25, -0.2) is 0 Å². The monoisotopic (exact) mass is 325 g/mol. The van der Waals surface area contributed by atoms with Gasteiger partial charge in [0.1, 0.15) is 0 Å². The molecule has 18 heavy (non-hydrogen) atoms. The van der Waals surface area contributed by atoms with Crippen LogP contribution in [-0.2, 0) is 10.9 Å². The van der Waals surface area contributed by atoms with Gasteiger partial charge in [0.15, 0.2) is 0 Å². The summed E-state index contributed by atoms with van der Waals surface area (Å²) in [5, 5.41) is 0. The van der Waals surface area contributed by atoms with Crippen molar-refractivity contribution in [3.05, 3.63) is 33.8 Å². The lowest BCUT2D eigenvalue weighted by atomic mass is 9.97. The van der Waals surface area contributed by atoms with Gasteiger partial charge in [0, 0.05) is 24.2 Å². The van der Waals surface area contributed by atoms with Crippen LogP contribution in [0, 0.1) is 0 Å². The van der Waals surface area contributed by atoms with Crippen LogP contribution >= 0.6 is 15.9 Å². The van der Waals surface area contributed by atoms with Gasteiger partial charge in [-0.05, 0) is 30.5 Å². The normalized spacial score (nSPS) is 13.7. The molecule has 1 unspecified atom stereocenters. The fourth-order valence-corrected chi connectivity index (χ4v) is 2.06. The van der Waals surface area contributed by atoms with Crippen molar-refractivity contribution in [2.45, 2.75) is 25.1 Å². The molecule has 0 amide bonds. The molecule has 0 aliphatic heterocycles. The lowest BCUT2D eigenvalue weighted by Gasteiger charge is -2.18. The minimum absolute atomic E-state index is 0.127. The van der Waals surface area contributed by atoms with Gasteiger partial charge in [0.05, 0.1) is 5.56 Å². The number of alkyl halides is 3. The molecule has 0 heterocycles. The van der Waals surface area contributed by atoms with Crippen LogP contribution in [0.4, 0.5) is 13.2 Å². The van der Waals surface area contributed by atoms with Gasteiger partial charge in [-0.3, -0.25) is 0 Å². The summed E-state index contributed by atoms with van der Waals surface area (Å²) in [6.45, 7) is 0.492. The van der Waals surface area contributed by atoms with Gasteiger partial charge in [-0.1, -0.05) is 22.0 Å². The van der Waals surface area contributed by atoms with Crippen molar-refractivity contribution in [3.8, 4) is 0 Å². The van der Waals surface area contributed by atoms with Crippen LogP contribution in [0.3, 0.4) is 0 Å². The Kier molecular flexibility index (Phi) is 5.62. The molecule has 1 rings (SSSR count). The van der Waals surface area contributed by atoms with Gasteiger partial charge in [-0.2, -0.15) is 13.2 Å². The summed E-state index contributed by atoms with van der Waals surface area (Å²) < 4.78 is 43.9. The van der Waals surface area contributed by atoms with Crippen molar-refractivity contribution < 1.29 is 17.9 Å². The van der Waals surface area contributed by atoms with Crippen LogP contribution in [0.2, 0.25) is 0 Å². The third kappa shape index (κ3) is 4.26. The smallest absolute Gasteiger partial charge is 0.385 e. The first-order valence-corrected chi connectivity index (χ1v) is 6.26. The number of hydrogen-bond donors (Lipinski definition) is 1. The standard InChI is InChI=1S/C12H15BrF3NO/c1-18-6-2-3-11(17)9-5-4-8(13)7-10(9)12(14,15)16/h4-5,7,11H,2-3,6,17H2,1H3. The second kappa shape index (κ2) is 6.54. The zero-order chi connectivity index (χ0) is 13.8. The second-order valence-electron chi connectivity index (χ2n) is 3.97. The van der Waals surface area contributed by atoms with Crippen molar-refractivity contribution in [1.29, 1.82) is 0 Å². The molecule has 0 aromatic heterocycles. The molecule has 0 saturated heterocycles. The first kappa shape index (κ1) is 15.5. The minimum Gasteiger partial charge on any atom is -0.385 e. The van der Waals surface area contributed by atoms with Crippen molar-refractivity contribution in [2.75, 3.05) is 13.7 Å². The molecular formula is C12H15BrF3NO. The van der Waals surface area contributed by atoms with Crippen molar-refractivity contribution in [3.63, 3.8) is 0 Å². The number of methoxy groups -OCH3 is 1. The van der Waals surface area contributed by atoms with E-state index >= 15 is 0 Å². The van der Waals surface area contributed by atoms with Crippen LogP contribution in [0.15, 0.2) is 22.7 Å². The Morgan fingerprint density at radius 3 is 2.61 bits per heavy atom. The first-order valence-electron chi connectivity index (χ1n) is 5.47. The quantitative estimate of drug-likeness (QED) is 0.833. The van der Waals surface area contributed by atoms with Gasteiger partial charge < -0.3 is 10.5 Å². The zero-order valence-corrected chi connectivity index (χ0v) is 11.5. The van der Waals surface area contributed by atoms with Crippen LogP contribution in [-0.4, -0.2) is 13.7 Å². The summed E-state index contributed by atoms with van der Waals surface area (Å²) in [6.07, 6.45) is -3.30. The molecule has 1 atom stereocenters. The van der Waals surface area contributed by atoms with Gasteiger partial charge in [0.25, 0.3) is 0 Å². The van der Waals surface area contributed by atoms with E-state index in [1.54, 1.807) is 13.2 Å². The number of benzene rings is 1. The number of ether oxygens (including phenoxy) is 1. The van der Waals surface area contributed by atoms with E-state index in [0.29, 0.717) is 23.9 Å². The van der Waals surface area contributed by atoms with Crippen LogP contribution in [0.5, 0.6) is 0 Å². The highest BCUT2D eigenvalue weighted by Gasteiger charge is 2.34. The van der Waals surface area contributed by atoms with E-state index in [-0.39, 0.29) is 5.56 Å². The largest absolute Gasteiger partial charge is 0.416 e. The van der Waals surface area contributed by atoms with E-state index < -0.39 is 17.8 Å². The molecule has 0 radical (unpaired) electrons. The molecule has 0 bridgehead atoms. The molecule has 0 saturated carbocycles. The lowest BCUT2D eigenvalue weighted by Crippen LogP contribution is -2.18. The molecule has 6 heteroatoms. The third-order valence-corrected chi connectivity index (χ3v) is 3.08. The van der Waals surface area contributed by atoms with E-state index in [1.165, 1.54) is 6.07 Å². The average Bonchev–Trinajstić information content (AvgIpc) is 2.28. The summed E-state index contributed by atoms with van der Waals surface area (Å²) in [7, 11) is 1.55. The maximum absolute atomic E-state index is 12.9. The molecule has 0 aliphatic carbocycles. The first-order chi connectivity index (χ1) is 8.36. The Hall–Kier alpha value is -0.590. The topological polar surface area (TPSA) is 35.2 Å². The Labute approximate surface area is 112 Å². The maximum atomic E-state index is 12.9. The molecule has 102 valence electrons. The van der Waals surface area contributed by atoms with E-state index in [4.69, 9.17) is 10.5 Å². The highest BCUT2D eigenvalue weighted by atomic mass is 79.9. The van der Waals surface area contributed by atoms with E-state index in [9.17, 15) is 13.2 Å². The molecule has 0 fully saturated rings. The molecule has 1 aromatic carbocycles. The van der Waals surface area contributed by atoms with Crippen LogP contribution < -0.4 is 5.73 Å². The van der Waals surface area contributed by atoms with Crippen LogP contribution in [0.25, 0.3) is 0 Å². The van der Waals surface area contributed by atoms with Crippen molar-refractivity contribution in [2.24, 2.45) is 5.73 Å². The average molecular weight is 326 g/mol. The molecule has 1 aromatic rings. The lowest BCUT2D eigenvalue weighted by molar-refractivity contribution is -0.138. The predicted octanol–water partition coefficient (Wildman–Crippen LogP) is 3.89. The Bertz CT molecular complexity index is 395. The van der Waals surface area contributed by atoms with Gasteiger partial charge in [0.2, 0.25) is 0 Å². The molecule has 2 nitrogen and oxygen atoms in total. The number of hydrogen-bond acceptors (Lipinski definition) is 2. The predicted molar refractivity (Wildman–Crippen MR) is 67.2 cm³/mol. The SMILES string of the molecule is COCCCC(N)c1ccc(Br)cc1C(F)(F)F. The maximum Gasteiger partial charge on any atom is 0.416 e. The Morgan fingerprint density at radius 1 is 1.39 bits per heavy atom. The van der Waals surface area contributed by atoms with Crippen molar-refractivity contribution >= 4 is 15.9 Å². The second-order valence-corrected chi connectivity index (χ2v) is 4.89. The molecular weight excluding hydrogens is 311 g/mol. The Morgan fingerprint density at radius 2 is 2.06 bits per heavy atom. The van der Waals surface area contributed by atoms with E-state index in [1.807, 2.05) is 0 Å². The van der Waals surface area contributed by atoms with Crippen LogP contribution in [0.1, 0.15) is 30.0 Å².